The quantitative estimate of drug-likeness (QED) is 0.810. The second kappa shape index (κ2) is 7.37. The van der Waals surface area contributed by atoms with Crippen molar-refractivity contribution < 1.29 is 0 Å². The van der Waals surface area contributed by atoms with Gasteiger partial charge in [-0.1, -0.05) is 55.0 Å². The monoisotopic (exact) mass is 317 g/mol. The van der Waals surface area contributed by atoms with E-state index in [-0.39, 0.29) is 12.0 Å². The third kappa shape index (κ3) is 3.36. The molecule has 0 saturated carbocycles. The SMILES string of the molecule is CCNC1C=CC(c2cccnc2-c2cccc(C)c2)=CC1C=N. The van der Waals surface area contributed by atoms with E-state index in [2.05, 4.69) is 72.7 Å². The van der Waals surface area contributed by atoms with E-state index in [4.69, 9.17) is 5.41 Å². The third-order valence-corrected chi connectivity index (χ3v) is 4.31. The van der Waals surface area contributed by atoms with E-state index in [1.54, 1.807) is 0 Å². The number of hydrogen-bond donors (Lipinski definition) is 2. The Hall–Kier alpha value is -2.52. The van der Waals surface area contributed by atoms with Crippen LogP contribution in [0.2, 0.25) is 0 Å². The van der Waals surface area contributed by atoms with Crippen molar-refractivity contribution in [2.45, 2.75) is 19.9 Å². The maximum atomic E-state index is 7.75. The Balaban J connectivity index is 2.02. The van der Waals surface area contributed by atoms with Crippen molar-refractivity contribution in [2.75, 3.05) is 6.54 Å². The molecule has 0 aliphatic heterocycles. The molecule has 1 aliphatic carbocycles. The second-order valence-corrected chi connectivity index (χ2v) is 6.08. The maximum absolute atomic E-state index is 7.75. The molecule has 0 saturated heterocycles. The molecule has 1 aromatic heterocycles. The molecule has 0 radical (unpaired) electrons. The van der Waals surface area contributed by atoms with Crippen LogP contribution in [0.1, 0.15) is 18.1 Å². The normalized spacial score (nSPS) is 19.8. The smallest absolute Gasteiger partial charge is 0.0780 e. The minimum Gasteiger partial charge on any atom is -0.312 e. The summed E-state index contributed by atoms with van der Waals surface area (Å²) in [5.41, 5.74) is 5.58. The molecule has 0 amide bonds. The molecular weight excluding hydrogens is 294 g/mol. The average Bonchev–Trinajstić information content (AvgIpc) is 2.62. The number of benzene rings is 1. The number of aromatic nitrogens is 1. The lowest BCUT2D eigenvalue weighted by Crippen LogP contribution is -2.35. The van der Waals surface area contributed by atoms with Gasteiger partial charge in [-0.25, -0.2) is 0 Å². The zero-order chi connectivity index (χ0) is 16.9. The van der Waals surface area contributed by atoms with Crippen LogP contribution in [0.15, 0.2) is 60.8 Å². The highest BCUT2D eigenvalue weighted by molar-refractivity contribution is 5.86. The summed E-state index contributed by atoms with van der Waals surface area (Å²) in [6.07, 6.45) is 9.81. The van der Waals surface area contributed by atoms with Crippen LogP contribution in [0.25, 0.3) is 16.8 Å². The fraction of sp³-hybridized carbons (Fsp3) is 0.238. The molecule has 3 heteroatoms. The van der Waals surface area contributed by atoms with Crippen LogP contribution in [-0.4, -0.2) is 23.8 Å². The van der Waals surface area contributed by atoms with E-state index in [1.165, 1.54) is 11.8 Å². The molecule has 0 spiro atoms. The number of nitrogens with one attached hydrogen (secondary N) is 2. The Bertz CT molecular complexity index is 789. The standard InChI is InChI=1S/C21H23N3/c1-3-23-20-10-9-16(13-18(20)14-22)19-8-5-11-24-21(19)17-7-4-6-15(2)12-17/h4-14,18,20,22-23H,3H2,1-2H3. The number of allylic oxidation sites excluding steroid dienone is 2. The molecule has 0 bridgehead atoms. The highest BCUT2D eigenvalue weighted by Crippen LogP contribution is 2.31. The summed E-state index contributed by atoms with van der Waals surface area (Å²) < 4.78 is 0. The van der Waals surface area contributed by atoms with E-state index in [0.717, 1.165) is 28.9 Å². The van der Waals surface area contributed by atoms with Gasteiger partial charge in [0.1, 0.15) is 0 Å². The van der Waals surface area contributed by atoms with Crippen molar-refractivity contribution in [1.82, 2.24) is 10.3 Å². The summed E-state index contributed by atoms with van der Waals surface area (Å²) in [5.74, 6) is 0.0653. The topological polar surface area (TPSA) is 48.8 Å². The van der Waals surface area contributed by atoms with Gasteiger partial charge >= 0.3 is 0 Å². The Kier molecular flexibility index (Phi) is 5.02. The molecule has 1 aliphatic rings. The molecular formula is C21H23N3. The molecule has 3 nitrogen and oxygen atoms in total. The highest BCUT2D eigenvalue weighted by Gasteiger charge is 2.20. The molecule has 122 valence electrons. The third-order valence-electron chi connectivity index (χ3n) is 4.31. The van der Waals surface area contributed by atoms with Gasteiger partial charge in [0.2, 0.25) is 0 Å². The first kappa shape index (κ1) is 16.3. The Morgan fingerprint density at radius 3 is 2.88 bits per heavy atom. The Morgan fingerprint density at radius 2 is 2.12 bits per heavy atom. The van der Waals surface area contributed by atoms with Gasteiger partial charge in [-0.3, -0.25) is 4.98 Å². The van der Waals surface area contributed by atoms with Crippen LogP contribution < -0.4 is 5.32 Å². The average molecular weight is 317 g/mol. The number of aryl methyl sites for hydroxylation is 1. The zero-order valence-corrected chi connectivity index (χ0v) is 14.2. The van der Waals surface area contributed by atoms with E-state index in [9.17, 15) is 0 Å². The summed E-state index contributed by atoms with van der Waals surface area (Å²) in [5, 5.41) is 11.2. The van der Waals surface area contributed by atoms with Gasteiger partial charge in [-0.2, -0.15) is 0 Å². The van der Waals surface area contributed by atoms with E-state index >= 15 is 0 Å². The van der Waals surface area contributed by atoms with Crippen LogP contribution in [0.3, 0.4) is 0 Å². The van der Waals surface area contributed by atoms with Crippen LogP contribution in [0, 0.1) is 18.3 Å². The van der Waals surface area contributed by atoms with Gasteiger partial charge in [0, 0.05) is 35.5 Å². The zero-order valence-electron chi connectivity index (χ0n) is 14.2. The fourth-order valence-electron chi connectivity index (χ4n) is 3.13. The van der Waals surface area contributed by atoms with E-state index in [0.29, 0.717) is 0 Å². The summed E-state index contributed by atoms with van der Waals surface area (Å²) >= 11 is 0. The molecule has 2 atom stereocenters. The van der Waals surface area contributed by atoms with Gasteiger partial charge in [-0.15, -0.1) is 0 Å². The second-order valence-electron chi connectivity index (χ2n) is 6.08. The number of rotatable bonds is 5. The minimum atomic E-state index is 0.0653. The van der Waals surface area contributed by atoms with Gasteiger partial charge < -0.3 is 10.7 Å². The minimum absolute atomic E-state index is 0.0653. The largest absolute Gasteiger partial charge is 0.312 e. The summed E-state index contributed by atoms with van der Waals surface area (Å²) in [4.78, 5) is 4.62. The van der Waals surface area contributed by atoms with Gasteiger partial charge in [0.05, 0.1) is 5.69 Å². The first-order valence-electron chi connectivity index (χ1n) is 8.39. The van der Waals surface area contributed by atoms with Crippen LogP contribution >= 0.6 is 0 Å². The molecule has 2 N–H and O–H groups in total. The molecule has 0 fully saturated rings. The molecule has 1 heterocycles. The van der Waals surface area contributed by atoms with Crippen molar-refractivity contribution in [3.8, 4) is 11.3 Å². The van der Waals surface area contributed by atoms with Crippen molar-refractivity contribution in [3.05, 3.63) is 72.0 Å². The lowest BCUT2D eigenvalue weighted by Gasteiger charge is -2.24. The summed E-state index contributed by atoms with van der Waals surface area (Å²) in [6, 6.07) is 12.7. The van der Waals surface area contributed by atoms with E-state index < -0.39 is 0 Å². The van der Waals surface area contributed by atoms with Gasteiger partial charge in [0.25, 0.3) is 0 Å². The first-order chi connectivity index (χ1) is 11.7. The number of nitrogens with zero attached hydrogens (tertiary/aromatic N) is 1. The lowest BCUT2D eigenvalue weighted by atomic mass is 9.88. The van der Waals surface area contributed by atoms with Crippen LogP contribution in [-0.2, 0) is 0 Å². The molecule has 1 aromatic carbocycles. The predicted molar refractivity (Wildman–Crippen MR) is 101 cm³/mol. The number of hydrogen-bond acceptors (Lipinski definition) is 3. The maximum Gasteiger partial charge on any atom is 0.0780 e. The molecule has 2 unspecified atom stereocenters. The Labute approximate surface area is 143 Å². The van der Waals surface area contributed by atoms with E-state index in [1.807, 2.05) is 12.3 Å². The van der Waals surface area contributed by atoms with Crippen molar-refractivity contribution >= 4 is 11.8 Å². The van der Waals surface area contributed by atoms with Crippen molar-refractivity contribution in [3.63, 3.8) is 0 Å². The van der Waals surface area contributed by atoms with Gasteiger partial charge in [-0.05, 0) is 31.2 Å². The Morgan fingerprint density at radius 1 is 1.25 bits per heavy atom. The predicted octanol–water partition coefficient (Wildman–Crippen LogP) is 4.25. The summed E-state index contributed by atoms with van der Waals surface area (Å²) in [6.45, 7) is 5.08. The lowest BCUT2D eigenvalue weighted by molar-refractivity contribution is 0.568. The first-order valence-corrected chi connectivity index (χ1v) is 8.39. The highest BCUT2D eigenvalue weighted by atomic mass is 14.9. The fourth-order valence-corrected chi connectivity index (χ4v) is 3.13. The molecule has 2 aromatic rings. The number of pyridine rings is 1. The van der Waals surface area contributed by atoms with Crippen molar-refractivity contribution in [2.24, 2.45) is 5.92 Å². The summed E-state index contributed by atoms with van der Waals surface area (Å²) in [7, 11) is 0. The molecule has 3 rings (SSSR count). The molecule has 24 heavy (non-hydrogen) atoms. The number of likely N-dealkylation sites (N-methyl/N-ethyl adjacent to an activating group) is 1. The van der Waals surface area contributed by atoms with Crippen LogP contribution in [0.4, 0.5) is 0 Å². The van der Waals surface area contributed by atoms with Gasteiger partial charge in [0.15, 0.2) is 0 Å². The van der Waals surface area contributed by atoms with Crippen molar-refractivity contribution in [1.29, 1.82) is 5.41 Å². The van der Waals surface area contributed by atoms with Crippen LogP contribution in [0.5, 0.6) is 0 Å².